The molecule has 0 saturated carbocycles. The van der Waals surface area contributed by atoms with Gasteiger partial charge in [-0.05, 0) is 13.8 Å². The molecule has 0 aromatic carbocycles. The molecule has 1 N–H and O–H groups in total. The lowest BCUT2D eigenvalue weighted by Crippen LogP contribution is -2.46. The van der Waals surface area contributed by atoms with Gasteiger partial charge in [-0.3, -0.25) is 14.6 Å². The van der Waals surface area contributed by atoms with E-state index < -0.39 is 11.9 Å². The molecule has 1 rings (SSSR count). The van der Waals surface area contributed by atoms with Gasteiger partial charge < -0.3 is 5.11 Å². The van der Waals surface area contributed by atoms with Gasteiger partial charge in [-0.25, -0.2) is 5.01 Å². The summed E-state index contributed by atoms with van der Waals surface area (Å²) in [7, 11) is 0. The first-order valence-corrected chi connectivity index (χ1v) is 5.23. The van der Waals surface area contributed by atoms with Gasteiger partial charge in [0, 0.05) is 25.6 Å². The number of rotatable bonds is 4. The maximum atomic E-state index is 11.5. The second-order valence-electron chi connectivity index (χ2n) is 4.23. The zero-order valence-corrected chi connectivity index (χ0v) is 9.43. The molecule has 1 aliphatic heterocycles. The van der Waals surface area contributed by atoms with E-state index in [1.54, 1.807) is 11.9 Å². The molecule has 0 aliphatic carbocycles. The van der Waals surface area contributed by atoms with Crippen molar-refractivity contribution in [1.29, 1.82) is 0 Å². The quantitative estimate of drug-likeness (QED) is 0.743. The van der Waals surface area contributed by atoms with E-state index in [0.717, 1.165) is 0 Å². The van der Waals surface area contributed by atoms with Crippen LogP contribution >= 0.6 is 0 Å². The SMILES string of the molecule is CC(CN1CCC(=O)N1C(C)C)C(=O)O. The number of carboxylic acids is 1. The molecule has 0 aromatic rings. The molecule has 15 heavy (non-hydrogen) atoms. The van der Waals surface area contributed by atoms with Crippen LogP contribution in [0.1, 0.15) is 27.2 Å². The van der Waals surface area contributed by atoms with Crippen LogP contribution in [0.2, 0.25) is 0 Å². The largest absolute Gasteiger partial charge is 0.481 e. The van der Waals surface area contributed by atoms with E-state index >= 15 is 0 Å². The Balaban J connectivity index is 2.62. The lowest BCUT2D eigenvalue weighted by Gasteiger charge is -2.32. The normalized spacial score (nSPS) is 20.0. The summed E-state index contributed by atoms with van der Waals surface area (Å²) in [6.07, 6.45) is 0.491. The summed E-state index contributed by atoms with van der Waals surface area (Å²) in [5, 5.41) is 12.3. The summed E-state index contributed by atoms with van der Waals surface area (Å²) in [4.78, 5) is 22.2. The van der Waals surface area contributed by atoms with Gasteiger partial charge in [-0.2, -0.15) is 0 Å². The van der Waals surface area contributed by atoms with Gasteiger partial charge in [0.15, 0.2) is 0 Å². The number of hydrogen-bond donors (Lipinski definition) is 1. The molecule has 1 saturated heterocycles. The van der Waals surface area contributed by atoms with Crippen molar-refractivity contribution in [2.75, 3.05) is 13.1 Å². The summed E-state index contributed by atoms with van der Waals surface area (Å²) in [6.45, 7) is 6.56. The van der Waals surface area contributed by atoms with E-state index in [0.29, 0.717) is 19.5 Å². The van der Waals surface area contributed by atoms with Crippen molar-refractivity contribution >= 4 is 11.9 Å². The average Bonchev–Trinajstić information content (AvgIpc) is 2.46. The van der Waals surface area contributed by atoms with Crippen LogP contribution in [-0.2, 0) is 9.59 Å². The fraction of sp³-hybridized carbons (Fsp3) is 0.800. The van der Waals surface area contributed by atoms with Crippen molar-refractivity contribution in [2.24, 2.45) is 5.92 Å². The van der Waals surface area contributed by atoms with Gasteiger partial charge >= 0.3 is 5.97 Å². The first-order valence-electron chi connectivity index (χ1n) is 5.23. The Morgan fingerprint density at radius 3 is 2.53 bits per heavy atom. The molecular weight excluding hydrogens is 196 g/mol. The summed E-state index contributed by atoms with van der Waals surface area (Å²) in [6, 6.07) is 0.0981. The third kappa shape index (κ3) is 2.68. The predicted molar refractivity (Wildman–Crippen MR) is 55.0 cm³/mol. The van der Waals surface area contributed by atoms with E-state index in [2.05, 4.69) is 0 Å². The third-order valence-corrected chi connectivity index (χ3v) is 2.54. The Hall–Kier alpha value is -1.10. The summed E-state index contributed by atoms with van der Waals surface area (Å²) >= 11 is 0. The predicted octanol–water partition coefficient (Wildman–Crippen LogP) is 0.565. The van der Waals surface area contributed by atoms with Crippen LogP contribution < -0.4 is 0 Å². The molecule has 86 valence electrons. The number of nitrogens with zero attached hydrogens (tertiary/aromatic N) is 2. The average molecular weight is 214 g/mol. The zero-order chi connectivity index (χ0) is 11.6. The number of hydrazine groups is 1. The van der Waals surface area contributed by atoms with Gasteiger partial charge in [-0.15, -0.1) is 0 Å². The molecule has 0 bridgehead atoms. The molecule has 5 nitrogen and oxygen atoms in total. The van der Waals surface area contributed by atoms with Crippen LogP contribution in [0.15, 0.2) is 0 Å². The van der Waals surface area contributed by atoms with Crippen molar-refractivity contribution in [3.05, 3.63) is 0 Å². The highest BCUT2D eigenvalue weighted by atomic mass is 16.4. The molecule has 0 radical (unpaired) electrons. The summed E-state index contributed by atoms with van der Waals surface area (Å²) < 4.78 is 0. The van der Waals surface area contributed by atoms with Crippen molar-refractivity contribution < 1.29 is 14.7 Å². The molecule has 1 atom stereocenters. The molecule has 1 aliphatic rings. The van der Waals surface area contributed by atoms with Gasteiger partial charge in [0.25, 0.3) is 0 Å². The summed E-state index contributed by atoms with van der Waals surface area (Å²) in [5.74, 6) is -1.18. The second kappa shape index (κ2) is 4.61. The second-order valence-corrected chi connectivity index (χ2v) is 4.23. The number of carbonyl (C=O) groups is 2. The van der Waals surface area contributed by atoms with Gasteiger partial charge in [0.05, 0.1) is 5.92 Å². The fourth-order valence-corrected chi connectivity index (χ4v) is 1.79. The minimum atomic E-state index is -0.821. The Morgan fingerprint density at radius 1 is 1.47 bits per heavy atom. The van der Waals surface area contributed by atoms with E-state index in [-0.39, 0.29) is 11.9 Å². The molecule has 1 heterocycles. The van der Waals surface area contributed by atoms with Crippen molar-refractivity contribution in [3.63, 3.8) is 0 Å². The minimum Gasteiger partial charge on any atom is -0.481 e. The topological polar surface area (TPSA) is 60.9 Å². The standard InChI is InChI=1S/C10H18N2O3/c1-7(2)12-9(13)4-5-11(12)6-8(3)10(14)15/h7-8H,4-6H2,1-3H3,(H,14,15). The van der Waals surface area contributed by atoms with Crippen LogP contribution in [0.5, 0.6) is 0 Å². The number of hydrogen-bond acceptors (Lipinski definition) is 3. The molecular formula is C10H18N2O3. The third-order valence-electron chi connectivity index (χ3n) is 2.54. The highest BCUT2D eigenvalue weighted by molar-refractivity contribution is 5.78. The van der Waals surface area contributed by atoms with Crippen molar-refractivity contribution in [3.8, 4) is 0 Å². The van der Waals surface area contributed by atoms with Crippen LogP contribution in [0, 0.1) is 5.92 Å². The van der Waals surface area contributed by atoms with E-state index in [1.165, 1.54) is 0 Å². The maximum Gasteiger partial charge on any atom is 0.307 e. The van der Waals surface area contributed by atoms with E-state index in [9.17, 15) is 9.59 Å². The highest BCUT2D eigenvalue weighted by Crippen LogP contribution is 2.17. The van der Waals surface area contributed by atoms with Gasteiger partial charge in [-0.1, -0.05) is 6.92 Å². The van der Waals surface area contributed by atoms with Gasteiger partial charge in [0.1, 0.15) is 0 Å². The first-order chi connectivity index (χ1) is 6.93. The van der Waals surface area contributed by atoms with Crippen LogP contribution in [0.3, 0.4) is 0 Å². The smallest absolute Gasteiger partial charge is 0.307 e. The Morgan fingerprint density at radius 2 is 2.07 bits per heavy atom. The van der Waals surface area contributed by atoms with Gasteiger partial charge in [0.2, 0.25) is 5.91 Å². The number of aliphatic carboxylic acids is 1. The van der Waals surface area contributed by atoms with Crippen molar-refractivity contribution in [1.82, 2.24) is 10.0 Å². The van der Waals surface area contributed by atoms with E-state index in [1.807, 2.05) is 18.9 Å². The molecule has 0 spiro atoms. The molecule has 1 fully saturated rings. The molecule has 5 heteroatoms. The van der Waals surface area contributed by atoms with Crippen LogP contribution in [0.25, 0.3) is 0 Å². The van der Waals surface area contributed by atoms with Crippen LogP contribution in [0.4, 0.5) is 0 Å². The Kier molecular flexibility index (Phi) is 3.68. The lowest BCUT2D eigenvalue weighted by molar-refractivity contribution is -0.149. The zero-order valence-electron chi connectivity index (χ0n) is 9.43. The molecule has 1 unspecified atom stereocenters. The number of carbonyl (C=O) groups excluding carboxylic acids is 1. The van der Waals surface area contributed by atoms with E-state index in [4.69, 9.17) is 5.11 Å². The first kappa shape index (κ1) is 12.0. The molecule has 1 amide bonds. The summed E-state index contributed by atoms with van der Waals surface area (Å²) in [5.41, 5.74) is 0. The Labute approximate surface area is 89.6 Å². The molecule has 0 aromatic heterocycles. The monoisotopic (exact) mass is 214 g/mol. The Bertz CT molecular complexity index is 265. The van der Waals surface area contributed by atoms with Crippen molar-refractivity contribution in [2.45, 2.75) is 33.2 Å². The highest BCUT2D eigenvalue weighted by Gasteiger charge is 2.32. The number of amides is 1. The van der Waals surface area contributed by atoms with Crippen LogP contribution in [-0.4, -0.2) is 46.1 Å². The minimum absolute atomic E-state index is 0.0857. The number of carboxylic acid groups (broad SMARTS) is 1. The fourth-order valence-electron chi connectivity index (χ4n) is 1.79. The maximum absolute atomic E-state index is 11.5. The lowest BCUT2D eigenvalue weighted by atomic mass is 10.2.